The van der Waals surface area contributed by atoms with E-state index in [0.29, 0.717) is 21.8 Å². The van der Waals surface area contributed by atoms with Gasteiger partial charge in [0.25, 0.3) is 5.89 Å². The molecule has 3 N–H and O–H groups in total. The Balaban J connectivity index is 2.01. The molecule has 0 aliphatic rings. The molecule has 3 rings (SSSR count). The Kier molecular flexibility index (Phi) is 3.23. The maximum absolute atomic E-state index is 13.3. The van der Waals surface area contributed by atoms with Crippen LogP contribution < -0.4 is 5.73 Å². The molecule has 0 atom stereocenters. The zero-order valence-corrected chi connectivity index (χ0v) is 11.3. The minimum atomic E-state index is -0.758. The normalized spacial score (nSPS) is 10.8. The summed E-state index contributed by atoms with van der Waals surface area (Å²) in [6.07, 6.45) is 0. The summed E-state index contributed by atoms with van der Waals surface area (Å²) in [6.45, 7) is 0. The minimum Gasteiger partial charge on any atom is -0.505 e. The summed E-state index contributed by atoms with van der Waals surface area (Å²) in [6, 6.07) is 8.69. The molecule has 0 amide bonds. The summed E-state index contributed by atoms with van der Waals surface area (Å²) in [5.74, 6) is -0.786. The summed E-state index contributed by atoms with van der Waals surface area (Å²) >= 11 is 5.91. The third-order valence-electron chi connectivity index (χ3n) is 2.80. The van der Waals surface area contributed by atoms with E-state index >= 15 is 0 Å². The highest BCUT2D eigenvalue weighted by Gasteiger charge is 2.13. The number of hydrogen-bond donors (Lipinski definition) is 2. The number of benzene rings is 2. The molecule has 5 nitrogen and oxygen atoms in total. The summed E-state index contributed by atoms with van der Waals surface area (Å²) in [4.78, 5) is 4.16. The van der Waals surface area contributed by atoms with Crippen molar-refractivity contribution in [1.82, 2.24) is 10.1 Å². The minimum absolute atomic E-state index is 0.197. The number of halogens is 2. The summed E-state index contributed by atoms with van der Waals surface area (Å²) < 4.78 is 18.5. The van der Waals surface area contributed by atoms with E-state index in [4.69, 9.17) is 27.0 Å². The predicted molar refractivity (Wildman–Crippen MR) is 76.2 cm³/mol. The largest absolute Gasteiger partial charge is 0.505 e. The molecule has 0 unspecified atom stereocenters. The Morgan fingerprint density at radius 2 is 1.95 bits per heavy atom. The van der Waals surface area contributed by atoms with Gasteiger partial charge in [0.15, 0.2) is 11.6 Å². The second kappa shape index (κ2) is 5.06. The molecular weight excluding hydrogens is 297 g/mol. The number of anilines is 1. The average Bonchev–Trinajstić information content (AvgIpc) is 2.90. The highest BCUT2D eigenvalue weighted by molar-refractivity contribution is 6.31. The molecule has 106 valence electrons. The van der Waals surface area contributed by atoms with Gasteiger partial charge in [0.2, 0.25) is 5.82 Å². The number of aromatic hydroxyl groups is 1. The zero-order valence-electron chi connectivity index (χ0n) is 10.5. The Morgan fingerprint density at radius 3 is 2.67 bits per heavy atom. The van der Waals surface area contributed by atoms with Crippen molar-refractivity contribution in [1.29, 1.82) is 0 Å². The van der Waals surface area contributed by atoms with Crippen molar-refractivity contribution in [2.75, 3.05) is 5.73 Å². The number of rotatable bonds is 2. The van der Waals surface area contributed by atoms with Crippen LogP contribution in [0.2, 0.25) is 5.02 Å². The molecule has 0 fully saturated rings. The summed E-state index contributed by atoms with van der Waals surface area (Å²) in [5.41, 5.74) is 7.12. The van der Waals surface area contributed by atoms with E-state index in [0.717, 1.165) is 6.07 Å². The zero-order chi connectivity index (χ0) is 15.0. The predicted octanol–water partition coefficient (Wildman–Crippen LogP) is 3.48. The monoisotopic (exact) mass is 305 g/mol. The van der Waals surface area contributed by atoms with Gasteiger partial charge in [0.05, 0.1) is 0 Å². The van der Waals surface area contributed by atoms with Crippen LogP contribution in [0.4, 0.5) is 10.1 Å². The fourth-order valence-corrected chi connectivity index (χ4v) is 2.08. The van der Waals surface area contributed by atoms with Crippen LogP contribution in [0, 0.1) is 5.82 Å². The van der Waals surface area contributed by atoms with Gasteiger partial charge >= 0.3 is 0 Å². The Hall–Kier alpha value is -2.60. The van der Waals surface area contributed by atoms with Gasteiger partial charge in [-0.1, -0.05) is 16.8 Å². The molecule has 0 radical (unpaired) electrons. The lowest BCUT2D eigenvalue weighted by Gasteiger charge is -1.98. The molecule has 0 bridgehead atoms. The van der Waals surface area contributed by atoms with E-state index in [9.17, 15) is 4.39 Å². The van der Waals surface area contributed by atoms with Crippen LogP contribution in [0.5, 0.6) is 5.75 Å². The molecule has 2 aromatic carbocycles. The number of phenols is 1. The number of nitrogens with two attached hydrogens (primary N) is 1. The van der Waals surface area contributed by atoms with E-state index in [-0.39, 0.29) is 11.7 Å². The molecule has 21 heavy (non-hydrogen) atoms. The van der Waals surface area contributed by atoms with Gasteiger partial charge < -0.3 is 15.4 Å². The van der Waals surface area contributed by atoms with E-state index in [1.54, 1.807) is 18.2 Å². The summed E-state index contributed by atoms with van der Waals surface area (Å²) in [5, 5.41) is 13.4. The average molecular weight is 306 g/mol. The van der Waals surface area contributed by atoms with Crippen LogP contribution in [0.25, 0.3) is 22.8 Å². The van der Waals surface area contributed by atoms with E-state index < -0.39 is 11.6 Å². The van der Waals surface area contributed by atoms with Crippen molar-refractivity contribution >= 4 is 17.3 Å². The van der Waals surface area contributed by atoms with Gasteiger partial charge in [-0.15, -0.1) is 0 Å². The number of phenolic OH excluding ortho intramolecular Hbond substituents is 1. The van der Waals surface area contributed by atoms with Crippen LogP contribution in [-0.2, 0) is 0 Å². The fourth-order valence-electron chi connectivity index (χ4n) is 1.84. The molecular formula is C14H9ClFN3O2. The standard InChI is InChI=1S/C14H9ClFN3O2/c15-9-3-8(4-10(17)6-9)14-18-13(19-21-14)7-1-2-12(20)11(16)5-7/h1-6,20H,17H2. The molecule has 0 aliphatic carbocycles. The van der Waals surface area contributed by atoms with Crippen molar-refractivity contribution < 1.29 is 14.0 Å². The number of nitrogen functional groups attached to an aromatic ring is 1. The van der Waals surface area contributed by atoms with Gasteiger partial charge in [-0.05, 0) is 36.4 Å². The topological polar surface area (TPSA) is 85.2 Å². The van der Waals surface area contributed by atoms with Crippen LogP contribution >= 0.6 is 11.6 Å². The Labute approximate surface area is 123 Å². The first-order valence-corrected chi connectivity index (χ1v) is 6.30. The smallest absolute Gasteiger partial charge is 0.258 e. The van der Waals surface area contributed by atoms with Crippen molar-refractivity contribution in [3.63, 3.8) is 0 Å². The lowest BCUT2D eigenvalue weighted by Crippen LogP contribution is -1.87. The highest BCUT2D eigenvalue weighted by Crippen LogP contribution is 2.28. The summed E-state index contributed by atoms with van der Waals surface area (Å²) in [7, 11) is 0. The van der Waals surface area contributed by atoms with Crippen LogP contribution in [0.3, 0.4) is 0 Å². The van der Waals surface area contributed by atoms with Crippen molar-refractivity contribution in [3.8, 4) is 28.6 Å². The fraction of sp³-hybridized carbons (Fsp3) is 0. The van der Waals surface area contributed by atoms with Gasteiger partial charge in [-0.2, -0.15) is 4.98 Å². The Morgan fingerprint density at radius 1 is 1.14 bits per heavy atom. The van der Waals surface area contributed by atoms with Gasteiger partial charge in [-0.3, -0.25) is 0 Å². The number of aromatic nitrogens is 2. The maximum atomic E-state index is 13.3. The van der Waals surface area contributed by atoms with Crippen molar-refractivity contribution in [2.24, 2.45) is 0 Å². The van der Waals surface area contributed by atoms with Crippen molar-refractivity contribution in [3.05, 3.63) is 47.2 Å². The van der Waals surface area contributed by atoms with Crippen molar-refractivity contribution in [2.45, 2.75) is 0 Å². The lowest BCUT2D eigenvalue weighted by molar-refractivity contribution is 0.430. The molecule has 0 saturated heterocycles. The molecule has 1 aromatic heterocycles. The van der Waals surface area contributed by atoms with Crippen LogP contribution in [-0.4, -0.2) is 15.2 Å². The maximum Gasteiger partial charge on any atom is 0.258 e. The number of hydrogen-bond acceptors (Lipinski definition) is 5. The first-order chi connectivity index (χ1) is 10.0. The Bertz CT molecular complexity index is 799. The van der Waals surface area contributed by atoms with E-state index in [1.165, 1.54) is 12.1 Å². The molecule has 0 aliphatic heterocycles. The van der Waals surface area contributed by atoms with Crippen LogP contribution in [0.1, 0.15) is 0 Å². The second-order valence-corrected chi connectivity index (χ2v) is 4.80. The van der Waals surface area contributed by atoms with Crippen LogP contribution in [0.15, 0.2) is 40.9 Å². The van der Waals surface area contributed by atoms with Gasteiger partial charge in [-0.25, -0.2) is 4.39 Å². The van der Waals surface area contributed by atoms with Gasteiger partial charge in [0.1, 0.15) is 0 Å². The SMILES string of the molecule is Nc1cc(Cl)cc(-c2nc(-c3ccc(O)c(F)c3)no2)c1. The number of nitrogens with zero attached hydrogens (tertiary/aromatic N) is 2. The molecule has 1 heterocycles. The quantitative estimate of drug-likeness (QED) is 0.708. The first-order valence-electron chi connectivity index (χ1n) is 5.92. The molecule has 0 spiro atoms. The lowest BCUT2D eigenvalue weighted by atomic mass is 10.2. The first kappa shape index (κ1) is 13.4. The molecule has 7 heteroatoms. The van der Waals surface area contributed by atoms with E-state index in [1.807, 2.05) is 0 Å². The molecule has 0 saturated carbocycles. The third kappa shape index (κ3) is 2.66. The molecule has 3 aromatic rings. The second-order valence-electron chi connectivity index (χ2n) is 4.36. The third-order valence-corrected chi connectivity index (χ3v) is 3.02. The highest BCUT2D eigenvalue weighted by atomic mass is 35.5. The van der Waals surface area contributed by atoms with E-state index in [2.05, 4.69) is 10.1 Å². The van der Waals surface area contributed by atoms with Gasteiger partial charge in [0, 0.05) is 21.8 Å².